The van der Waals surface area contributed by atoms with Gasteiger partial charge in [0.25, 0.3) is 0 Å². The van der Waals surface area contributed by atoms with E-state index in [9.17, 15) is 13.2 Å². The number of hydrogen-bond acceptors (Lipinski definition) is 2. The minimum Gasteiger partial charge on any atom is -0.324 e. The molecule has 0 radical (unpaired) electrons. The van der Waals surface area contributed by atoms with Gasteiger partial charge in [-0.25, -0.2) is 0 Å². The number of nitrogens with two attached hydrogens (primary N) is 1. The number of aryl methyl sites for hydroxylation is 1. The molecule has 1 unspecified atom stereocenters. The Bertz CT molecular complexity index is 607. The molecule has 0 aliphatic rings. The molecule has 1 heterocycles. The summed E-state index contributed by atoms with van der Waals surface area (Å²) in [5.41, 5.74) is 6.60. The molecule has 0 bridgehead atoms. The summed E-state index contributed by atoms with van der Waals surface area (Å²) in [6.45, 7) is 0. The van der Waals surface area contributed by atoms with Crippen molar-refractivity contribution in [3.63, 3.8) is 0 Å². The van der Waals surface area contributed by atoms with Crippen LogP contribution in [0.25, 0.3) is 0 Å². The van der Waals surface area contributed by atoms with Crippen molar-refractivity contribution in [1.82, 2.24) is 9.78 Å². The summed E-state index contributed by atoms with van der Waals surface area (Å²) < 4.78 is 40.2. The van der Waals surface area contributed by atoms with Gasteiger partial charge in [-0.15, -0.1) is 0 Å². The molecule has 0 saturated carbocycles. The van der Waals surface area contributed by atoms with Gasteiger partial charge in [0.15, 0.2) is 0 Å². The number of hydrogen-bond donors (Lipinski definition) is 1. The zero-order valence-electron chi connectivity index (χ0n) is 10.7. The molecule has 0 spiro atoms. The molecule has 108 valence electrons. The highest BCUT2D eigenvalue weighted by Gasteiger charge is 2.33. The van der Waals surface area contributed by atoms with E-state index in [4.69, 9.17) is 5.73 Å². The monoisotopic (exact) mass is 347 g/mol. The normalized spacial score (nSPS) is 13.5. The van der Waals surface area contributed by atoms with Crippen LogP contribution in [-0.2, 0) is 19.6 Å². The largest absolute Gasteiger partial charge is 0.417 e. The lowest BCUT2D eigenvalue weighted by molar-refractivity contribution is -0.138. The van der Waals surface area contributed by atoms with Crippen molar-refractivity contribution in [3.8, 4) is 0 Å². The zero-order chi connectivity index (χ0) is 14.9. The average molecular weight is 348 g/mol. The van der Waals surface area contributed by atoms with Gasteiger partial charge >= 0.3 is 6.18 Å². The lowest BCUT2D eigenvalue weighted by Crippen LogP contribution is -2.15. The fourth-order valence-electron chi connectivity index (χ4n) is 1.94. The summed E-state index contributed by atoms with van der Waals surface area (Å²) in [5.74, 6) is 0. The van der Waals surface area contributed by atoms with Crippen LogP contribution < -0.4 is 5.73 Å². The Morgan fingerprint density at radius 3 is 2.65 bits per heavy atom. The molecule has 0 aliphatic heterocycles. The molecule has 0 amide bonds. The zero-order valence-corrected chi connectivity index (χ0v) is 12.2. The van der Waals surface area contributed by atoms with Crippen LogP contribution in [0.5, 0.6) is 0 Å². The SMILES string of the molecule is Cn1cc(CC(N)c2ccc(Br)c(C(F)(F)F)c2)cn1. The lowest BCUT2D eigenvalue weighted by atomic mass is 9.99. The van der Waals surface area contributed by atoms with E-state index in [0.29, 0.717) is 12.0 Å². The third-order valence-electron chi connectivity index (χ3n) is 2.94. The second-order valence-corrected chi connectivity index (χ2v) is 5.42. The molecule has 20 heavy (non-hydrogen) atoms. The van der Waals surface area contributed by atoms with Crippen LogP contribution in [0.2, 0.25) is 0 Å². The van der Waals surface area contributed by atoms with Crippen LogP contribution in [0.15, 0.2) is 35.1 Å². The smallest absolute Gasteiger partial charge is 0.324 e. The number of rotatable bonds is 3. The van der Waals surface area contributed by atoms with E-state index in [0.717, 1.165) is 11.6 Å². The first-order valence-electron chi connectivity index (χ1n) is 5.87. The molecule has 7 heteroatoms. The minimum atomic E-state index is -4.40. The van der Waals surface area contributed by atoms with E-state index < -0.39 is 17.8 Å². The first-order valence-corrected chi connectivity index (χ1v) is 6.66. The molecule has 0 fully saturated rings. The van der Waals surface area contributed by atoms with Crippen LogP contribution in [0.3, 0.4) is 0 Å². The standard InChI is InChI=1S/C13H13BrF3N3/c1-20-7-8(6-19-20)4-12(18)9-2-3-11(14)10(5-9)13(15,16)17/h2-3,5-7,12H,4,18H2,1H3. The number of aromatic nitrogens is 2. The van der Waals surface area contributed by atoms with Crippen molar-refractivity contribution >= 4 is 15.9 Å². The van der Waals surface area contributed by atoms with Crippen LogP contribution in [0.4, 0.5) is 13.2 Å². The number of alkyl halides is 3. The minimum absolute atomic E-state index is 0.0160. The molecule has 2 N–H and O–H groups in total. The predicted octanol–water partition coefficient (Wildman–Crippen LogP) is 3.44. The van der Waals surface area contributed by atoms with E-state index in [2.05, 4.69) is 21.0 Å². The lowest BCUT2D eigenvalue weighted by Gasteiger charge is -2.15. The van der Waals surface area contributed by atoms with Crippen LogP contribution in [-0.4, -0.2) is 9.78 Å². The van der Waals surface area contributed by atoms with E-state index in [1.54, 1.807) is 30.2 Å². The van der Waals surface area contributed by atoms with Gasteiger partial charge in [0.2, 0.25) is 0 Å². The summed E-state index contributed by atoms with van der Waals surface area (Å²) >= 11 is 2.91. The van der Waals surface area contributed by atoms with E-state index >= 15 is 0 Å². The molecule has 3 nitrogen and oxygen atoms in total. The van der Waals surface area contributed by atoms with Crippen molar-refractivity contribution in [3.05, 3.63) is 51.8 Å². The van der Waals surface area contributed by atoms with Crippen molar-refractivity contribution in [1.29, 1.82) is 0 Å². The van der Waals surface area contributed by atoms with Crippen LogP contribution in [0.1, 0.15) is 22.7 Å². The summed E-state index contributed by atoms with van der Waals surface area (Å²) in [7, 11) is 1.77. The Labute approximate surface area is 122 Å². The molecule has 2 aromatic rings. The van der Waals surface area contributed by atoms with Gasteiger partial charge in [-0.05, 0) is 29.7 Å². The predicted molar refractivity (Wildman–Crippen MR) is 73.0 cm³/mol. The van der Waals surface area contributed by atoms with Crippen molar-refractivity contribution in [2.24, 2.45) is 12.8 Å². The maximum atomic E-state index is 12.8. The van der Waals surface area contributed by atoms with Gasteiger partial charge in [-0.1, -0.05) is 22.0 Å². The van der Waals surface area contributed by atoms with Gasteiger partial charge in [-0.2, -0.15) is 18.3 Å². The van der Waals surface area contributed by atoms with E-state index in [1.165, 1.54) is 6.07 Å². The van der Waals surface area contributed by atoms with Crippen LogP contribution in [0, 0.1) is 0 Å². The molecule has 1 aromatic carbocycles. The highest BCUT2D eigenvalue weighted by atomic mass is 79.9. The van der Waals surface area contributed by atoms with Gasteiger partial charge in [0.05, 0.1) is 11.8 Å². The maximum absolute atomic E-state index is 12.8. The first kappa shape index (κ1) is 15.1. The summed E-state index contributed by atoms with van der Waals surface area (Å²) in [5, 5.41) is 4.01. The number of halogens is 4. The molecular weight excluding hydrogens is 335 g/mol. The highest BCUT2D eigenvalue weighted by Crippen LogP contribution is 2.36. The van der Waals surface area contributed by atoms with Crippen molar-refractivity contribution in [2.45, 2.75) is 18.6 Å². The number of nitrogens with zero attached hydrogens (tertiary/aromatic N) is 2. The van der Waals surface area contributed by atoms with Crippen molar-refractivity contribution < 1.29 is 13.2 Å². The Morgan fingerprint density at radius 1 is 1.40 bits per heavy atom. The number of benzene rings is 1. The molecular formula is C13H13BrF3N3. The molecule has 0 saturated heterocycles. The Kier molecular flexibility index (Phi) is 4.19. The second-order valence-electron chi connectivity index (χ2n) is 4.57. The molecule has 2 rings (SSSR count). The molecule has 1 aromatic heterocycles. The second kappa shape index (κ2) is 5.57. The summed E-state index contributed by atoms with van der Waals surface area (Å²) in [6, 6.07) is 3.56. The first-order chi connectivity index (χ1) is 9.27. The third kappa shape index (κ3) is 3.40. The molecule has 1 atom stereocenters. The summed E-state index contributed by atoms with van der Waals surface area (Å²) in [4.78, 5) is 0. The Hall–Kier alpha value is -1.34. The van der Waals surface area contributed by atoms with Gasteiger partial charge in [0, 0.05) is 23.8 Å². The average Bonchev–Trinajstić information content (AvgIpc) is 2.73. The Morgan fingerprint density at radius 2 is 2.10 bits per heavy atom. The van der Waals surface area contributed by atoms with E-state index in [-0.39, 0.29) is 4.47 Å². The fraction of sp³-hybridized carbons (Fsp3) is 0.308. The molecule has 0 aliphatic carbocycles. The van der Waals surface area contributed by atoms with E-state index in [1.807, 2.05) is 0 Å². The van der Waals surface area contributed by atoms with Gasteiger partial charge in [0.1, 0.15) is 0 Å². The topological polar surface area (TPSA) is 43.8 Å². The van der Waals surface area contributed by atoms with Gasteiger partial charge in [-0.3, -0.25) is 4.68 Å². The third-order valence-corrected chi connectivity index (χ3v) is 3.63. The Balaban J connectivity index is 2.24. The van der Waals surface area contributed by atoms with Crippen LogP contribution >= 0.6 is 15.9 Å². The maximum Gasteiger partial charge on any atom is 0.417 e. The highest BCUT2D eigenvalue weighted by molar-refractivity contribution is 9.10. The van der Waals surface area contributed by atoms with Gasteiger partial charge < -0.3 is 5.73 Å². The summed E-state index contributed by atoms with van der Waals surface area (Å²) in [6.07, 6.45) is -0.512. The fourth-order valence-corrected chi connectivity index (χ4v) is 2.41. The van der Waals surface area contributed by atoms with Crippen molar-refractivity contribution in [2.75, 3.05) is 0 Å². The quantitative estimate of drug-likeness (QED) is 0.924.